The summed E-state index contributed by atoms with van der Waals surface area (Å²) in [7, 11) is 0. The molecule has 6 rings (SSSR count). The van der Waals surface area contributed by atoms with Crippen LogP contribution in [0.4, 0.5) is 5.95 Å². The normalized spacial score (nSPS) is 22.6. The molecule has 2 aromatic rings. The Balaban J connectivity index is 1.47. The smallest absolute Gasteiger partial charge is 0.311 e. The van der Waals surface area contributed by atoms with Crippen LogP contribution in [0.1, 0.15) is 175 Å². The molecule has 0 bridgehead atoms. The molecule has 0 aromatic carbocycles. The molecule has 2 heterocycles. The highest BCUT2D eigenvalue weighted by molar-refractivity contribution is 5.58. The second-order valence-corrected chi connectivity index (χ2v) is 14.0. The third-order valence-electron chi connectivity index (χ3n) is 11.5. The predicted molar refractivity (Wildman–Crippen MR) is 168 cm³/mol. The standard InChI is InChI=1S/C35H57N6/c1-26-27(2)39(31-19-11-6-12-20-31)34(38(26)30-17-9-5-10-18-30)36-25-37-35-40(32-21-13-7-14-22-32)28(3)29(4)41(35)33-23-15-8-16-24-33/h25,30-33H,5-24H2,1-4H3/q+1. The van der Waals surface area contributed by atoms with Gasteiger partial charge in [-0.05, 0) is 105 Å². The van der Waals surface area contributed by atoms with E-state index in [1.165, 1.54) is 151 Å². The quantitative estimate of drug-likeness (QED) is 0.192. The maximum Gasteiger partial charge on any atom is 0.401 e. The average Bonchev–Trinajstić information content (AvgIpc) is 3.42. The molecule has 4 aliphatic rings. The summed E-state index contributed by atoms with van der Waals surface area (Å²) in [6.07, 6.45) is 28.5. The fourth-order valence-corrected chi connectivity index (χ4v) is 9.02. The van der Waals surface area contributed by atoms with Gasteiger partial charge in [0.1, 0.15) is 11.4 Å². The molecule has 0 unspecified atom stereocenters. The summed E-state index contributed by atoms with van der Waals surface area (Å²) in [6, 6.07) is 2.29. The minimum absolute atomic E-state index is 0.571. The van der Waals surface area contributed by atoms with E-state index in [-0.39, 0.29) is 0 Å². The third kappa shape index (κ3) is 5.78. The summed E-state index contributed by atoms with van der Waals surface area (Å²) in [5, 5.41) is 0. The van der Waals surface area contributed by atoms with Crippen molar-refractivity contribution in [2.45, 2.75) is 180 Å². The van der Waals surface area contributed by atoms with Gasteiger partial charge >= 0.3 is 5.95 Å². The highest BCUT2D eigenvalue weighted by Crippen LogP contribution is 2.36. The van der Waals surface area contributed by atoms with Gasteiger partial charge in [0.25, 0.3) is 0 Å². The summed E-state index contributed by atoms with van der Waals surface area (Å²) >= 11 is 0. The molecule has 6 heteroatoms. The second kappa shape index (κ2) is 13.0. The number of rotatable bonds is 6. The Hall–Kier alpha value is -2.11. The molecule has 0 saturated heterocycles. The first-order chi connectivity index (χ1) is 20.1. The lowest BCUT2D eigenvalue weighted by Crippen LogP contribution is -2.42. The third-order valence-corrected chi connectivity index (χ3v) is 11.5. The van der Waals surface area contributed by atoms with Crippen molar-refractivity contribution < 1.29 is 4.57 Å². The Morgan fingerprint density at radius 3 is 1.41 bits per heavy atom. The van der Waals surface area contributed by atoms with Gasteiger partial charge in [-0.3, -0.25) is 0 Å². The van der Waals surface area contributed by atoms with E-state index in [4.69, 9.17) is 9.98 Å². The molecule has 0 spiro atoms. The molecule has 4 aliphatic carbocycles. The van der Waals surface area contributed by atoms with Crippen LogP contribution in [0.3, 0.4) is 0 Å². The van der Waals surface area contributed by atoms with Crippen molar-refractivity contribution in [2.24, 2.45) is 9.98 Å². The number of aromatic nitrogens is 4. The van der Waals surface area contributed by atoms with Crippen LogP contribution in [-0.4, -0.2) is 20.0 Å². The first-order valence-electron chi connectivity index (χ1n) is 17.6. The Labute approximate surface area is 249 Å². The topological polar surface area (TPSA) is 43.4 Å². The van der Waals surface area contributed by atoms with Gasteiger partial charge in [0.15, 0.2) is 6.34 Å². The minimum Gasteiger partial charge on any atom is -0.311 e. The van der Waals surface area contributed by atoms with E-state index < -0.39 is 0 Å². The molecule has 6 nitrogen and oxygen atoms in total. The summed E-state index contributed by atoms with van der Waals surface area (Å²) in [4.78, 5) is 10.7. The van der Waals surface area contributed by atoms with Gasteiger partial charge in [0.05, 0.1) is 12.1 Å². The molecule has 41 heavy (non-hydrogen) atoms. The highest BCUT2D eigenvalue weighted by Gasteiger charge is 2.35. The van der Waals surface area contributed by atoms with Gasteiger partial charge < -0.3 is 9.13 Å². The molecule has 0 aliphatic heterocycles. The zero-order valence-corrected chi connectivity index (χ0v) is 26.7. The summed E-state index contributed by atoms with van der Waals surface area (Å²) in [6.45, 7) is 9.38. The van der Waals surface area contributed by atoms with Crippen molar-refractivity contribution in [1.82, 2.24) is 13.7 Å². The van der Waals surface area contributed by atoms with Crippen molar-refractivity contribution >= 4 is 12.3 Å². The van der Waals surface area contributed by atoms with E-state index in [1.54, 1.807) is 0 Å². The largest absolute Gasteiger partial charge is 0.401 e. The van der Waals surface area contributed by atoms with Crippen LogP contribution in [0.2, 0.25) is 0 Å². The zero-order chi connectivity index (χ0) is 28.3. The molecule has 0 atom stereocenters. The monoisotopic (exact) mass is 561 g/mol. The van der Waals surface area contributed by atoms with Crippen LogP contribution < -0.4 is 10.2 Å². The molecule has 4 fully saturated rings. The Morgan fingerprint density at radius 2 is 0.951 bits per heavy atom. The van der Waals surface area contributed by atoms with Gasteiger partial charge in [0, 0.05) is 23.5 Å². The first-order valence-corrected chi connectivity index (χ1v) is 17.6. The number of hydrogen-bond acceptors (Lipinski definition) is 1. The second-order valence-electron chi connectivity index (χ2n) is 14.0. The number of aliphatic imine (C=N–C) groups is 1. The van der Waals surface area contributed by atoms with Crippen molar-refractivity contribution in [2.75, 3.05) is 0 Å². The fourth-order valence-electron chi connectivity index (χ4n) is 9.02. The van der Waals surface area contributed by atoms with Crippen LogP contribution in [0.25, 0.3) is 0 Å². The van der Waals surface area contributed by atoms with Crippen molar-refractivity contribution in [3.05, 3.63) is 28.4 Å². The lowest BCUT2D eigenvalue weighted by Gasteiger charge is -2.26. The SMILES string of the molecule is Cc1c(C)[n+](C2CCCCC2)c(/N=C/N=c2n(C3CCCCC3)c(C)c(C)n2C2CCCCC2)n1C1CCCCC1. The van der Waals surface area contributed by atoms with Gasteiger partial charge in [-0.15, -0.1) is 0 Å². The lowest BCUT2D eigenvalue weighted by molar-refractivity contribution is -0.718. The molecular weight excluding hydrogens is 504 g/mol. The zero-order valence-electron chi connectivity index (χ0n) is 26.7. The van der Waals surface area contributed by atoms with Crippen LogP contribution >= 0.6 is 0 Å². The molecule has 4 saturated carbocycles. The molecule has 0 amide bonds. The van der Waals surface area contributed by atoms with Crippen molar-refractivity contribution in [1.29, 1.82) is 0 Å². The molecule has 0 radical (unpaired) electrons. The molecule has 0 N–H and O–H groups in total. The van der Waals surface area contributed by atoms with Gasteiger partial charge in [-0.1, -0.05) is 56.4 Å². The van der Waals surface area contributed by atoms with Gasteiger partial charge in [0.2, 0.25) is 5.62 Å². The van der Waals surface area contributed by atoms with E-state index >= 15 is 0 Å². The molecule has 226 valence electrons. The molecular formula is C35H57N6+. The van der Waals surface area contributed by atoms with E-state index in [0.29, 0.717) is 24.2 Å². The number of nitrogens with zero attached hydrogens (tertiary/aromatic N) is 6. The van der Waals surface area contributed by atoms with E-state index in [1.807, 2.05) is 6.34 Å². The Kier molecular flexibility index (Phi) is 9.22. The van der Waals surface area contributed by atoms with Crippen molar-refractivity contribution in [3.63, 3.8) is 0 Å². The number of imidazole rings is 2. The maximum atomic E-state index is 5.35. The Morgan fingerprint density at radius 1 is 0.537 bits per heavy atom. The number of hydrogen-bond donors (Lipinski definition) is 0. The van der Waals surface area contributed by atoms with Crippen molar-refractivity contribution in [3.8, 4) is 0 Å². The Bertz CT molecular complexity index is 1180. The predicted octanol–water partition coefficient (Wildman–Crippen LogP) is 8.89. The van der Waals surface area contributed by atoms with E-state index in [2.05, 4.69) is 46.0 Å². The fraction of sp³-hybridized carbons (Fsp3) is 0.800. The van der Waals surface area contributed by atoms with Crippen LogP contribution in [0.5, 0.6) is 0 Å². The van der Waals surface area contributed by atoms with Crippen LogP contribution in [0, 0.1) is 27.7 Å². The summed E-state index contributed by atoms with van der Waals surface area (Å²) < 4.78 is 10.5. The van der Waals surface area contributed by atoms with E-state index in [9.17, 15) is 0 Å². The van der Waals surface area contributed by atoms with Gasteiger partial charge in [-0.25, -0.2) is 9.13 Å². The average molecular weight is 562 g/mol. The first kappa shape index (κ1) is 29.0. The highest BCUT2D eigenvalue weighted by atomic mass is 15.3. The minimum atomic E-state index is 0.571. The van der Waals surface area contributed by atoms with Crippen LogP contribution in [0.15, 0.2) is 9.98 Å². The lowest BCUT2D eigenvalue weighted by atomic mass is 9.95. The van der Waals surface area contributed by atoms with E-state index in [0.717, 1.165) is 11.6 Å². The summed E-state index contributed by atoms with van der Waals surface area (Å²) in [5.74, 6) is 1.16. The summed E-state index contributed by atoms with van der Waals surface area (Å²) in [5.41, 5.74) is 6.85. The molecule has 2 aromatic heterocycles. The maximum absolute atomic E-state index is 5.35. The van der Waals surface area contributed by atoms with Gasteiger partial charge in [-0.2, -0.15) is 4.99 Å². The van der Waals surface area contributed by atoms with Crippen LogP contribution in [-0.2, 0) is 0 Å².